The van der Waals surface area contributed by atoms with Gasteiger partial charge in [0.1, 0.15) is 0 Å². The predicted octanol–water partition coefficient (Wildman–Crippen LogP) is 7.17. The van der Waals surface area contributed by atoms with Gasteiger partial charge in [0.2, 0.25) is 0 Å². The van der Waals surface area contributed by atoms with Crippen molar-refractivity contribution in [2.24, 2.45) is 5.92 Å². The number of aromatic nitrogens is 1. The van der Waals surface area contributed by atoms with Gasteiger partial charge in [0, 0.05) is 24.2 Å². The Morgan fingerprint density at radius 1 is 0.750 bits per heavy atom. The molecule has 0 spiro atoms. The fourth-order valence-corrected chi connectivity index (χ4v) is 6.37. The van der Waals surface area contributed by atoms with Gasteiger partial charge in [-0.3, -0.25) is 4.98 Å². The average Bonchev–Trinajstić information content (AvgIpc) is 2.96. The minimum Gasteiger partial charge on any atom is -0.264 e. The summed E-state index contributed by atoms with van der Waals surface area (Å²) in [5, 5.41) is 5.70. The van der Waals surface area contributed by atoms with Gasteiger partial charge in [0.15, 0.2) is 0 Å². The Morgan fingerprint density at radius 3 is 2.47 bits per heavy atom. The van der Waals surface area contributed by atoms with Crippen molar-refractivity contribution in [3.8, 4) is 0 Å². The predicted molar refractivity (Wildman–Crippen MR) is 153 cm³/mol. The van der Waals surface area contributed by atoms with Crippen LogP contribution in [-0.4, -0.2) is 4.98 Å². The summed E-state index contributed by atoms with van der Waals surface area (Å²) in [7, 11) is 0. The Balaban J connectivity index is 1.39. The first-order valence-corrected chi connectivity index (χ1v) is 13.2. The number of nitrogens with zero attached hydrogens (tertiary/aromatic N) is 1. The van der Waals surface area contributed by atoms with Crippen molar-refractivity contribution in [1.82, 2.24) is 4.98 Å². The van der Waals surface area contributed by atoms with Gasteiger partial charge >= 0.3 is 0 Å². The lowest BCUT2D eigenvalue weighted by Gasteiger charge is -2.27. The highest BCUT2D eigenvalue weighted by atomic mass is 14.6. The van der Waals surface area contributed by atoms with E-state index >= 15 is 0 Å². The van der Waals surface area contributed by atoms with Crippen LogP contribution in [0.1, 0.15) is 48.3 Å². The normalized spacial score (nSPS) is 22.1. The lowest BCUT2D eigenvalue weighted by atomic mass is 9.77. The van der Waals surface area contributed by atoms with E-state index in [2.05, 4.69) is 102 Å². The molecule has 0 saturated carbocycles. The molecule has 0 bridgehead atoms. The molecule has 2 unspecified atom stereocenters. The van der Waals surface area contributed by atoms with E-state index in [-0.39, 0.29) is 0 Å². The van der Waals surface area contributed by atoms with Gasteiger partial charge in [-0.05, 0) is 86.4 Å². The summed E-state index contributed by atoms with van der Waals surface area (Å²) in [5.41, 5.74) is 8.30. The Kier molecular flexibility index (Phi) is 5.28. The average molecular weight is 464 g/mol. The van der Waals surface area contributed by atoms with Gasteiger partial charge in [0.05, 0.1) is 0 Å². The third-order valence-electron chi connectivity index (χ3n) is 8.07. The minimum atomic E-state index is 0.374. The fraction of sp³-hybridized carbons (Fsp3) is 0.171. The molecule has 0 saturated heterocycles. The van der Waals surface area contributed by atoms with Crippen molar-refractivity contribution in [2.75, 3.05) is 0 Å². The Morgan fingerprint density at radius 2 is 1.64 bits per heavy atom. The van der Waals surface area contributed by atoms with Gasteiger partial charge in [-0.2, -0.15) is 0 Å². The van der Waals surface area contributed by atoms with Crippen LogP contribution in [0.2, 0.25) is 0 Å². The molecule has 0 N–H and O–H groups in total. The highest BCUT2D eigenvalue weighted by Crippen LogP contribution is 2.38. The van der Waals surface area contributed by atoms with Crippen LogP contribution in [-0.2, 0) is 0 Å². The second-order valence-corrected chi connectivity index (χ2v) is 10.2. The molecule has 0 aliphatic heterocycles. The molecular formula is C35H29N. The molecule has 1 nitrogen and oxygen atoms in total. The Labute approximate surface area is 212 Å². The van der Waals surface area contributed by atoms with Crippen LogP contribution in [0.3, 0.4) is 0 Å². The van der Waals surface area contributed by atoms with Crippen molar-refractivity contribution in [2.45, 2.75) is 31.6 Å². The molecule has 0 radical (unpaired) electrons. The zero-order valence-corrected chi connectivity index (χ0v) is 20.4. The van der Waals surface area contributed by atoms with Crippen LogP contribution in [0, 0.1) is 5.92 Å². The van der Waals surface area contributed by atoms with E-state index in [0.29, 0.717) is 11.8 Å². The first kappa shape index (κ1) is 21.3. The fourth-order valence-electron chi connectivity index (χ4n) is 6.37. The molecule has 0 fully saturated rings. The number of allylic oxidation sites excluding steroid dienone is 12. The van der Waals surface area contributed by atoms with Crippen LogP contribution < -0.4 is 10.4 Å². The molecule has 3 aromatic rings. The summed E-state index contributed by atoms with van der Waals surface area (Å²) >= 11 is 0. The van der Waals surface area contributed by atoms with E-state index in [9.17, 15) is 0 Å². The van der Waals surface area contributed by atoms with Gasteiger partial charge in [0.25, 0.3) is 0 Å². The van der Waals surface area contributed by atoms with E-state index in [1.165, 1.54) is 54.6 Å². The van der Waals surface area contributed by atoms with Crippen LogP contribution in [0.15, 0.2) is 109 Å². The molecule has 0 amide bonds. The number of pyridine rings is 1. The van der Waals surface area contributed by atoms with Crippen LogP contribution in [0.5, 0.6) is 0 Å². The van der Waals surface area contributed by atoms with Crippen LogP contribution in [0.4, 0.5) is 0 Å². The first-order valence-electron chi connectivity index (χ1n) is 13.2. The summed E-state index contributed by atoms with van der Waals surface area (Å²) in [5.74, 6) is 0.855. The van der Waals surface area contributed by atoms with Crippen molar-refractivity contribution >= 4 is 34.1 Å². The molecular weight excluding hydrogens is 434 g/mol. The van der Waals surface area contributed by atoms with E-state index in [0.717, 1.165) is 25.7 Å². The lowest BCUT2D eigenvalue weighted by Crippen LogP contribution is -2.35. The van der Waals surface area contributed by atoms with Gasteiger partial charge < -0.3 is 0 Å². The third-order valence-corrected chi connectivity index (χ3v) is 8.07. The Hall–Kier alpha value is -3.97. The first-order chi connectivity index (χ1) is 17.9. The molecule has 36 heavy (non-hydrogen) atoms. The molecule has 4 aliphatic rings. The second kappa shape index (κ2) is 8.91. The van der Waals surface area contributed by atoms with Crippen molar-refractivity contribution in [3.63, 3.8) is 0 Å². The summed E-state index contributed by atoms with van der Waals surface area (Å²) in [6.07, 6.45) is 33.9. The summed E-state index contributed by atoms with van der Waals surface area (Å²) in [6, 6.07) is 13.3. The summed E-state index contributed by atoms with van der Waals surface area (Å²) in [4.78, 5) is 4.31. The zero-order chi connectivity index (χ0) is 23.9. The standard InChI is InChI=1S/C35H29N/c1-2-9-27-22-28(20-17-24(27)8-1)35-32-13-5-3-11-30(32)34(31-12-4-6-14-33(31)35)26-18-15-25(16-19-26)29-10-7-21-36-23-29/h1-3,5,7-18,20-21,23,26-27H,4,6,19,22H2. The monoisotopic (exact) mass is 463 g/mol. The van der Waals surface area contributed by atoms with E-state index in [4.69, 9.17) is 0 Å². The molecule has 2 aromatic carbocycles. The topological polar surface area (TPSA) is 12.9 Å². The summed E-state index contributed by atoms with van der Waals surface area (Å²) < 4.78 is 0. The molecule has 1 heterocycles. The molecule has 174 valence electrons. The van der Waals surface area contributed by atoms with Gasteiger partial charge in [-0.15, -0.1) is 0 Å². The molecule has 4 aliphatic carbocycles. The van der Waals surface area contributed by atoms with E-state index in [1.807, 2.05) is 18.5 Å². The largest absolute Gasteiger partial charge is 0.264 e. The maximum absolute atomic E-state index is 4.31. The number of benzene rings is 2. The zero-order valence-electron chi connectivity index (χ0n) is 20.4. The van der Waals surface area contributed by atoms with Gasteiger partial charge in [-0.1, -0.05) is 97.2 Å². The number of fused-ring (bicyclic) bond motifs is 3. The smallest absolute Gasteiger partial charge is 0.0346 e. The molecule has 1 aromatic heterocycles. The number of hydrogen-bond donors (Lipinski definition) is 0. The minimum absolute atomic E-state index is 0.374. The number of hydrogen-bond acceptors (Lipinski definition) is 1. The highest BCUT2D eigenvalue weighted by molar-refractivity contribution is 5.98. The van der Waals surface area contributed by atoms with Crippen LogP contribution in [0.25, 0.3) is 34.1 Å². The molecule has 1 heteroatoms. The molecule has 2 atom stereocenters. The maximum Gasteiger partial charge on any atom is 0.0346 e. The van der Waals surface area contributed by atoms with Crippen molar-refractivity contribution in [3.05, 3.63) is 136 Å². The SMILES string of the molecule is C1=CC2=CC=C(c3c4c(c(C5C=CC(c6cccnc6)=CC5)c5ccccc35)=CCCC=4)CC2C=C1. The second-order valence-electron chi connectivity index (χ2n) is 10.2. The van der Waals surface area contributed by atoms with Gasteiger partial charge in [-0.25, -0.2) is 0 Å². The summed E-state index contributed by atoms with van der Waals surface area (Å²) in [6.45, 7) is 0. The number of rotatable bonds is 3. The van der Waals surface area contributed by atoms with Crippen molar-refractivity contribution < 1.29 is 0 Å². The van der Waals surface area contributed by atoms with E-state index in [1.54, 1.807) is 0 Å². The van der Waals surface area contributed by atoms with Crippen LogP contribution >= 0.6 is 0 Å². The third kappa shape index (κ3) is 3.58. The van der Waals surface area contributed by atoms with E-state index < -0.39 is 0 Å². The molecule has 7 rings (SSSR count). The highest BCUT2D eigenvalue weighted by Gasteiger charge is 2.24. The van der Waals surface area contributed by atoms with Crippen molar-refractivity contribution in [1.29, 1.82) is 0 Å². The lowest BCUT2D eigenvalue weighted by molar-refractivity contribution is 0.792. The quantitative estimate of drug-likeness (QED) is 0.401. The maximum atomic E-state index is 4.31. The Bertz CT molecular complexity index is 1670.